The number of hydrogen-bond acceptors (Lipinski definition) is 7. The normalized spacial score (nSPS) is 35.2. The van der Waals surface area contributed by atoms with Crippen molar-refractivity contribution in [3.63, 3.8) is 0 Å². The summed E-state index contributed by atoms with van der Waals surface area (Å²) in [4.78, 5) is 15.9. The Balaban J connectivity index is 1.56. The summed E-state index contributed by atoms with van der Waals surface area (Å²) in [6, 6.07) is 0. The number of ether oxygens (including phenoxy) is 3. The van der Waals surface area contributed by atoms with Gasteiger partial charge in [0.15, 0.2) is 0 Å². The van der Waals surface area contributed by atoms with Gasteiger partial charge in [0.1, 0.15) is 0 Å². The molecule has 0 heterocycles. The molecule has 0 aromatic carbocycles. The number of unbranched alkanes of at least 4 members (excludes halogenated alkanes) is 4. The van der Waals surface area contributed by atoms with Gasteiger partial charge in [-0.15, -0.1) is 0 Å². The third-order valence-corrected chi connectivity index (χ3v) is 14.7. The van der Waals surface area contributed by atoms with Gasteiger partial charge in [0.25, 0.3) is 0 Å². The number of carbonyl (C=O) groups excluding carboxylic acids is 1. The van der Waals surface area contributed by atoms with Crippen molar-refractivity contribution < 1.29 is 19.0 Å². The van der Waals surface area contributed by atoms with Gasteiger partial charge in [0.05, 0.1) is 18.3 Å². The van der Waals surface area contributed by atoms with Gasteiger partial charge in [-0.3, -0.25) is 4.79 Å². The van der Waals surface area contributed by atoms with E-state index in [1.807, 2.05) is 0 Å². The highest BCUT2D eigenvalue weighted by atomic mass is 16.5. The van der Waals surface area contributed by atoms with Gasteiger partial charge < -0.3 is 36.3 Å². The van der Waals surface area contributed by atoms with Gasteiger partial charge in [-0.25, -0.2) is 0 Å². The molecule has 4 rings (SSSR count). The van der Waals surface area contributed by atoms with Crippen LogP contribution in [-0.2, 0) is 19.0 Å². The van der Waals surface area contributed by atoms with E-state index in [9.17, 15) is 4.79 Å². The Morgan fingerprint density at radius 3 is 2.02 bits per heavy atom. The monoisotopic (exact) mass is 719 g/mol. The molecule has 0 aromatic rings. The standard InChI is InChI=1S/C43H82N4O4/c1-6-8-10-24-47(25-11-9-7-2)40(48)18-15-32(3)35-16-17-36-41-37(31-39(43(35,36)5)51-28-14-23-46)42(4)20-19-34(49-26-12-21-44)29-33(42)30-38(41)50-27-13-22-45/h32-39,41H,6-31,44-46H2,1-5H3/t32?,33?,34-,35?,36+,37+,38-,39+,41?,42+,43-/m1/s1. The van der Waals surface area contributed by atoms with Crippen molar-refractivity contribution in [3.05, 3.63) is 0 Å². The lowest BCUT2D eigenvalue weighted by atomic mass is 9.43. The SMILES string of the molecule is CCCCCN(CCCCC)C(=O)CCC(C)C1CC[C@H]2C3[C@H](OCCCN)CC4C[C@H](OCCCN)CC[C@]4(C)[C@H]3C[C@H](OCCCN)[C@]12C. The number of fused-ring (bicyclic) bond motifs is 5. The molecule has 4 unspecified atom stereocenters. The first kappa shape index (κ1) is 43.0. The molecular formula is C43H82N4O4. The summed E-state index contributed by atoms with van der Waals surface area (Å²) in [5.41, 5.74) is 18.1. The summed E-state index contributed by atoms with van der Waals surface area (Å²) in [5, 5.41) is 0. The molecule has 4 aliphatic carbocycles. The molecular weight excluding hydrogens is 636 g/mol. The number of carbonyl (C=O) groups is 1. The van der Waals surface area contributed by atoms with Gasteiger partial charge in [-0.05, 0) is 144 Å². The second-order valence-corrected chi connectivity index (χ2v) is 17.8. The molecule has 1 amide bonds. The van der Waals surface area contributed by atoms with E-state index in [1.165, 1.54) is 44.9 Å². The van der Waals surface area contributed by atoms with Crippen LogP contribution in [0.3, 0.4) is 0 Å². The zero-order valence-electron chi connectivity index (χ0n) is 33.9. The van der Waals surface area contributed by atoms with Crippen molar-refractivity contribution in [2.75, 3.05) is 52.5 Å². The molecule has 298 valence electrons. The lowest BCUT2D eigenvalue weighted by molar-refractivity contribution is -0.227. The van der Waals surface area contributed by atoms with Gasteiger partial charge in [0.2, 0.25) is 5.91 Å². The number of nitrogens with zero attached hydrogens (tertiary/aromatic N) is 1. The predicted molar refractivity (Wildman–Crippen MR) is 210 cm³/mol. The predicted octanol–water partition coefficient (Wildman–Crippen LogP) is 7.69. The Morgan fingerprint density at radius 2 is 1.39 bits per heavy atom. The summed E-state index contributed by atoms with van der Waals surface area (Å²) >= 11 is 0. The van der Waals surface area contributed by atoms with Crippen molar-refractivity contribution >= 4 is 5.91 Å². The number of rotatable bonds is 24. The largest absolute Gasteiger partial charge is 0.378 e. The van der Waals surface area contributed by atoms with E-state index in [0.717, 1.165) is 97.1 Å². The molecule has 51 heavy (non-hydrogen) atoms. The van der Waals surface area contributed by atoms with E-state index in [1.54, 1.807) is 0 Å². The Hall–Kier alpha value is -0.770. The van der Waals surface area contributed by atoms with E-state index >= 15 is 0 Å². The van der Waals surface area contributed by atoms with E-state index in [0.29, 0.717) is 73.6 Å². The molecule has 0 spiro atoms. The first-order valence-electron chi connectivity index (χ1n) is 21.9. The Bertz CT molecular complexity index is 991. The van der Waals surface area contributed by atoms with Crippen molar-refractivity contribution in [3.8, 4) is 0 Å². The van der Waals surface area contributed by atoms with Crippen LogP contribution >= 0.6 is 0 Å². The number of amides is 1. The zero-order chi connectivity index (χ0) is 36.9. The molecule has 4 saturated carbocycles. The maximum Gasteiger partial charge on any atom is 0.222 e. The fourth-order valence-electron chi connectivity index (χ4n) is 11.8. The van der Waals surface area contributed by atoms with Crippen LogP contribution in [0.15, 0.2) is 0 Å². The molecule has 11 atom stereocenters. The Morgan fingerprint density at radius 1 is 0.765 bits per heavy atom. The van der Waals surface area contributed by atoms with Crippen molar-refractivity contribution in [1.82, 2.24) is 4.90 Å². The summed E-state index contributed by atoms with van der Waals surface area (Å²) in [6.45, 7) is 18.3. The summed E-state index contributed by atoms with van der Waals surface area (Å²) in [7, 11) is 0. The number of hydrogen-bond donors (Lipinski definition) is 3. The minimum Gasteiger partial charge on any atom is -0.378 e. The molecule has 0 bridgehead atoms. The molecule has 6 N–H and O–H groups in total. The van der Waals surface area contributed by atoms with E-state index in [4.69, 9.17) is 31.4 Å². The molecule has 8 heteroatoms. The molecule has 0 radical (unpaired) electrons. The van der Waals surface area contributed by atoms with Crippen LogP contribution < -0.4 is 17.2 Å². The van der Waals surface area contributed by atoms with Crippen molar-refractivity contribution in [1.29, 1.82) is 0 Å². The van der Waals surface area contributed by atoms with Crippen molar-refractivity contribution in [2.45, 2.75) is 169 Å². The third kappa shape index (κ3) is 10.5. The first-order valence-corrected chi connectivity index (χ1v) is 21.9. The third-order valence-electron chi connectivity index (χ3n) is 14.7. The summed E-state index contributed by atoms with van der Waals surface area (Å²) < 4.78 is 20.4. The van der Waals surface area contributed by atoms with Crippen LogP contribution in [0.2, 0.25) is 0 Å². The highest BCUT2D eigenvalue weighted by molar-refractivity contribution is 5.76. The van der Waals surface area contributed by atoms with Crippen LogP contribution in [0.1, 0.15) is 150 Å². The van der Waals surface area contributed by atoms with Gasteiger partial charge in [-0.1, -0.05) is 60.3 Å². The maximum absolute atomic E-state index is 13.7. The lowest BCUT2D eigenvalue weighted by Gasteiger charge is -2.65. The van der Waals surface area contributed by atoms with Crippen LogP contribution in [0.25, 0.3) is 0 Å². The van der Waals surface area contributed by atoms with Crippen LogP contribution in [0.5, 0.6) is 0 Å². The minimum atomic E-state index is 0.0569. The Labute approximate surface area is 313 Å². The van der Waals surface area contributed by atoms with Crippen LogP contribution in [0.4, 0.5) is 0 Å². The fourth-order valence-corrected chi connectivity index (χ4v) is 11.8. The molecule has 8 nitrogen and oxygen atoms in total. The molecule has 4 aliphatic rings. The van der Waals surface area contributed by atoms with Crippen LogP contribution in [0, 0.1) is 46.3 Å². The lowest BCUT2D eigenvalue weighted by Crippen LogP contribution is -2.63. The molecule has 4 fully saturated rings. The first-order chi connectivity index (χ1) is 24.7. The van der Waals surface area contributed by atoms with Crippen LogP contribution in [-0.4, -0.2) is 81.7 Å². The minimum absolute atomic E-state index is 0.0569. The quantitative estimate of drug-likeness (QED) is 0.0874. The summed E-state index contributed by atoms with van der Waals surface area (Å²) in [6.07, 6.45) is 20.4. The molecule has 0 aliphatic heterocycles. The van der Waals surface area contributed by atoms with E-state index in [-0.39, 0.29) is 23.0 Å². The molecule has 0 aromatic heterocycles. The molecule has 0 saturated heterocycles. The summed E-state index contributed by atoms with van der Waals surface area (Å²) in [5.74, 6) is 3.63. The second kappa shape index (κ2) is 21.4. The topological polar surface area (TPSA) is 126 Å². The second-order valence-electron chi connectivity index (χ2n) is 17.8. The van der Waals surface area contributed by atoms with E-state index < -0.39 is 0 Å². The highest BCUT2D eigenvalue weighted by Gasteiger charge is 2.66. The van der Waals surface area contributed by atoms with E-state index in [2.05, 4.69) is 39.5 Å². The fraction of sp³-hybridized carbons (Fsp3) is 0.977. The maximum atomic E-state index is 13.7. The average Bonchev–Trinajstić information content (AvgIpc) is 3.48. The number of nitrogens with two attached hydrogens (primary N) is 3. The van der Waals surface area contributed by atoms with Gasteiger partial charge >= 0.3 is 0 Å². The average molecular weight is 719 g/mol. The zero-order valence-corrected chi connectivity index (χ0v) is 33.9. The van der Waals surface area contributed by atoms with Crippen molar-refractivity contribution in [2.24, 2.45) is 63.5 Å². The smallest absolute Gasteiger partial charge is 0.222 e. The van der Waals surface area contributed by atoms with Gasteiger partial charge in [-0.2, -0.15) is 0 Å². The van der Waals surface area contributed by atoms with Gasteiger partial charge in [0, 0.05) is 44.7 Å². The highest BCUT2D eigenvalue weighted by Crippen LogP contribution is 2.69. The Kier molecular flexibility index (Phi) is 18.0.